The molecule has 0 aliphatic carbocycles. The number of aromatic nitrogens is 3. The zero-order valence-electron chi connectivity index (χ0n) is 22.6. The van der Waals surface area contributed by atoms with E-state index in [1.807, 2.05) is 0 Å². The standard InChI is InChI=1S/C29H25F4N5O4/c1-14-15(2)37-38-21-9-6-17(10-19(14)21)25(39)35-12-28(41,29(31,32)33)22-11-20-24(42-13-27(20,3)26(34)40)23(36-22)16-4-7-18(30)8-5-16/h4-11,41H,12-13H2,1-3H3,(H2,34,40)(H,35,39)/t27-,28-/m0/s1. The molecule has 0 saturated carbocycles. The number of carbonyl (C=O) groups excluding carboxylic acids is 2. The Morgan fingerprint density at radius 3 is 2.43 bits per heavy atom. The Bertz CT molecular complexity index is 1750. The van der Waals surface area contributed by atoms with E-state index < -0.39 is 47.1 Å². The average molecular weight is 584 g/mol. The second-order valence-electron chi connectivity index (χ2n) is 10.4. The maximum atomic E-state index is 14.6. The van der Waals surface area contributed by atoms with E-state index >= 15 is 0 Å². The van der Waals surface area contributed by atoms with Crippen LogP contribution in [0.2, 0.25) is 0 Å². The highest BCUT2D eigenvalue weighted by atomic mass is 19.4. The van der Waals surface area contributed by atoms with Crippen LogP contribution in [0.15, 0.2) is 48.5 Å². The number of aryl methyl sites for hydroxylation is 2. The van der Waals surface area contributed by atoms with Gasteiger partial charge >= 0.3 is 6.18 Å². The molecule has 0 radical (unpaired) electrons. The van der Waals surface area contributed by atoms with Gasteiger partial charge in [-0.1, -0.05) is 0 Å². The SMILES string of the molecule is Cc1nnc2ccc(C(=O)NC[C@](O)(c3cc4c(c(-c5ccc(F)cc5)n3)OC[C@]4(C)C(N)=O)C(F)(F)F)cc2c1C. The minimum Gasteiger partial charge on any atom is -0.489 e. The number of pyridine rings is 1. The first-order valence-electron chi connectivity index (χ1n) is 12.7. The third-order valence-corrected chi connectivity index (χ3v) is 7.64. The van der Waals surface area contributed by atoms with Crippen LogP contribution in [-0.2, 0) is 15.8 Å². The summed E-state index contributed by atoms with van der Waals surface area (Å²) in [6.45, 7) is 3.29. The molecular weight excluding hydrogens is 558 g/mol. The largest absolute Gasteiger partial charge is 0.489 e. The van der Waals surface area contributed by atoms with Crippen molar-refractivity contribution in [1.29, 1.82) is 0 Å². The lowest BCUT2D eigenvalue weighted by Crippen LogP contribution is -2.51. The van der Waals surface area contributed by atoms with Gasteiger partial charge in [0.1, 0.15) is 29.3 Å². The Labute approximate surface area is 236 Å². The van der Waals surface area contributed by atoms with Crippen molar-refractivity contribution in [3.63, 3.8) is 0 Å². The number of nitrogens with one attached hydrogen (secondary N) is 1. The van der Waals surface area contributed by atoms with E-state index in [0.29, 0.717) is 16.6 Å². The molecule has 42 heavy (non-hydrogen) atoms. The summed E-state index contributed by atoms with van der Waals surface area (Å²) in [5, 5.41) is 22.0. The molecule has 4 N–H and O–H groups in total. The fourth-order valence-electron chi connectivity index (χ4n) is 4.71. The van der Waals surface area contributed by atoms with Crippen LogP contribution in [0, 0.1) is 19.7 Å². The summed E-state index contributed by atoms with van der Waals surface area (Å²) in [7, 11) is 0. The summed E-state index contributed by atoms with van der Waals surface area (Å²) in [5.41, 5.74) is 1.29. The van der Waals surface area contributed by atoms with Gasteiger partial charge in [0.05, 0.1) is 23.4 Å². The van der Waals surface area contributed by atoms with Gasteiger partial charge in [0.25, 0.3) is 5.91 Å². The van der Waals surface area contributed by atoms with Crippen LogP contribution in [-0.4, -0.2) is 51.4 Å². The number of aliphatic hydroxyl groups is 1. The van der Waals surface area contributed by atoms with Crippen LogP contribution in [0.1, 0.15) is 39.8 Å². The van der Waals surface area contributed by atoms with Gasteiger partial charge in [-0.3, -0.25) is 9.59 Å². The Morgan fingerprint density at radius 1 is 1.10 bits per heavy atom. The molecule has 2 aromatic heterocycles. The number of nitrogens with zero attached hydrogens (tertiary/aromatic N) is 3. The predicted octanol–water partition coefficient (Wildman–Crippen LogP) is 3.76. The Morgan fingerprint density at radius 2 is 1.79 bits per heavy atom. The fraction of sp³-hybridized carbons (Fsp3) is 0.276. The second-order valence-corrected chi connectivity index (χ2v) is 10.4. The van der Waals surface area contributed by atoms with Gasteiger partial charge in [-0.15, -0.1) is 0 Å². The van der Waals surface area contributed by atoms with Gasteiger partial charge in [0.2, 0.25) is 11.5 Å². The van der Waals surface area contributed by atoms with Crippen LogP contribution in [0.4, 0.5) is 17.6 Å². The lowest BCUT2D eigenvalue weighted by molar-refractivity contribution is -0.265. The molecule has 0 bridgehead atoms. The maximum Gasteiger partial charge on any atom is 0.424 e. The van der Waals surface area contributed by atoms with Crippen molar-refractivity contribution in [3.8, 4) is 17.0 Å². The summed E-state index contributed by atoms with van der Waals surface area (Å²) in [5.74, 6) is -2.39. The van der Waals surface area contributed by atoms with Crippen LogP contribution in [0.3, 0.4) is 0 Å². The molecule has 3 heterocycles. The molecule has 4 aromatic rings. The number of rotatable bonds is 6. The summed E-state index contributed by atoms with van der Waals surface area (Å²) < 4.78 is 63.1. The van der Waals surface area contributed by atoms with E-state index in [9.17, 15) is 32.3 Å². The lowest BCUT2D eigenvalue weighted by atomic mass is 9.81. The Hall–Kier alpha value is -4.65. The quantitative estimate of drug-likeness (QED) is 0.294. The molecule has 0 fully saturated rings. The molecule has 13 heteroatoms. The summed E-state index contributed by atoms with van der Waals surface area (Å²) in [6.07, 6.45) is -5.34. The highest BCUT2D eigenvalue weighted by molar-refractivity contribution is 5.98. The third-order valence-electron chi connectivity index (χ3n) is 7.64. The normalized spacial score (nSPS) is 17.8. The van der Waals surface area contributed by atoms with Gasteiger partial charge in [-0.2, -0.15) is 23.4 Å². The van der Waals surface area contributed by atoms with E-state index in [4.69, 9.17) is 10.5 Å². The molecule has 0 spiro atoms. The number of hydrogen-bond donors (Lipinski definition) is 3. The van der Waals surface area contributed by atoms with Crippen molar-refractivity contribution >= 4 is 22.7 Å². The van der Waals surface area contributed by atoms with Crippen molar-refractivity contribution in [1.82, 2.24) is 20.5 Å². The number of primary amides is 1. The van der Waals surface area contributed by atoms with Crippen molar-refractivity contribution in [2.24, 2.45) is 5.73 Å². The second kappa shape index (κ2) is 10.0. The van der Waals surface area contributed by atoms with Crippen LogP contribution >= 0.6 is 0 Å². The van der Waals surface area contributed by atoms with E-state index in [1.165, 1.54) is 37.3 Å². The first kappa shape index (κ1) is 28.9. The van der Waals surface area contributed by atoms with Crippen molar-refractivity contribution in [2.45, 2.75) is 38.0 Å². The highest BCUT2D eigenvalue weighted by Gasteiger charge is 2.57. The molecule has 218 valence electrons. The molecule has 2 amide bonds. The number of fused-ring (bicyclic) bond motifs is 2. The first-order valence-corrected chi connectivity index (χ1v) is 12.7. The molecule has 1 aliphatic heterocycles. The van der Waals surface area contributed by atoms with E-state index in [1.54, 1.807) is 13.8 Å². The van der Waals surface area contributed by atoms with Crippen molar-refractivity contribution in [3.05, 3.63) is 82.4 Å². The molecule has 0 saturated heterocycles. The number of halogens is 4. The summed E-state index contributed by atoms with van der Waals surface area (Å²) >= 11 is 0. The molecule has 5 rings (SSSR count). The molecule has 9 nitrogen and oxygen atoms in total. The first-order chi connectivity index (χ1) is 19.7. The minimum absolute atomic E-state index is 0.0230. The molecule has 2 aromatic carbocycles. The lowest BCUT2D eigenvalue weighted by Gasteiger charge is -2.31. The van der Waals surface area contributed by atoms with Crippen molar-refractivity contribution in [2.75, 3.05) is 13.2 Å². The van der Waals surface area contributed by atoms with Crippen LogP contribution < -0.4 is 15.8 Å². The van der Waals surface area contributed by atoms with Gasteiger partial charge in [0.15, 0.2) is 0 Å². The number of benzene rings is 2. The topological polar surface area (TPSA) is 140 Å². The third kappa shape index (κ3) is 4.69. The number of nitrogens with two attached hydrogens (primary N) is 1. The smallest absolute Gasteiger partial charge is 0.424 e. The maximum absolute atomic E-state index is 14.6. The van der Waals surface area contributed by atoms with Crippen LogP contribution in [0.25, 0.3) is 22.2 Å². The van der Waals surface area contributed by atoms with Crippen LogP contribution in [0.5, 0.6) is 5.75 Å². The number of ether oxygens (including phenoxy) is 1. The predicted molar refractivity (Wildman–Crippen MR) is 143 cm³/mol. The molecule has 2 atom stereocenters. The van der Waals surface area contributed by atoms with E-state index in [-0.39, 0.29) is 34.7 Å². The minimum atomic E-state index is -5.34. The van der Waals surface area contributed by atoms with E-state index in [0.717, 1.165) is 23.8 Å². The zero-order valence-corrected chi connectivity index (χ0v) is 22.6. The Balaban J connectivity index is 1.58. The van der Waals surface area contributed by atoms with Gasteiger partial charge in [-0.05, 0) is 74.9 Å². The van der Waals surface area contributed by atoms with Gasteiger partial charge < -0.3 is 20.9 Å². The average Bonchev–Trinajstić information content (AvgIpc) is 3.30. The summed E-state index contributed by atoms with van der Waals surface area (Å²) in [4.78, 5) is 29.5. The number of carbonyl (C=O) groups is 2. The van der Waals surface area contributed by atoms with Crippen molar-refractivity contribution < 1.29 is 37.0 Å². The van der Waals surface area contributed by atoms with Gasteiger partial charge in [-0.25, -0.2) is 9.37 Å². The molecule has 0 unspecified atom stereocenters. The zero-order chi connectivity index (χ0) is 30.6. The number of hydrogen-bond acceptors (Lipinski definition) is 7. The van der Waals surface area contributed by atoms with E-state index in [2.05, 4.69) is 20.5 Å². The molecule has 1 aliphatic rings. The fourth-order valence-corrected chi connectivity index (χ4v) is 4.71. The number of amides is 2. The Kier molecular flexibility index (Phi) is 6.88. The molecular formula is C29H25F4N5O4. The number of alkyl halides is 3. The van der Waals surface area contributed by atoms with Gasteiger partial charge in [0, 0.05) is 22.1 Å². The summed E-state index contributed by atoms with van der Waals surface area (Å²) in [6, 6.07) is 9.97. The monoisotopic (exact) mass is 583 g/mol. The highest BCUT2D eigenvalue weighted by Crippen LogP contribution is 2.47.